The summed E-state index contributed by atoms with van der Waals surface area (Å²) in [5, 5.41) is 1.02. The summed E-state index contributed by atoms with van der Waals surface area (Å²) in [5.74, 6) is 0.360. The van der Waals surface area contributed by atoms with Gasteiger partial charge in [-0.05, 0) is 24.6 Å². The number of aromatic nitrogens is 3. The first-order valence-corrected chi connectivity index (χ1v) is 6.85. The third-order valence-corrected chi connectivity index (χ3v) is 4.16. The number of hydrogen-bond acceptors (Lipinski definition) is 2. The minimum Gasteiger partial charge on any atom is -0.296 e. The Kier molecular flexibility index (Phi) is 2.19. The molecular formula is C16H15N3O. The topological polar surface area (TPSA) is 39.3 Å². The van der Waals surface area contributed by atoms with Crippen molar-refractivity contribution in [3.05, 3.63) is 52.2 Å². The molecule has 4 rings (SSSR count). The third-order valence-electron chi connectivity index (χ3n) is 4.16. The molecule has 1 aliphatic carbocycles. The molecule has 1 aliphatic rings. The van der Waals surface area contributed by atoms with Crippen molar-refractivity contribution >= 4 is 22.6 Å². The second-order valence-electron chi connectivity index (χ2n) is 5.44. The Bertz CT molecular complexity index is 930. The molecule has 20 heavy (non-hydrogen) atoms. The number of allylic oxidation sites excluding steroid dienone is 1. The van der Waals surface area contributed by atoms with Crippen molar-refractivity contribution in [1.82, 2.24) is 14.0 Å². The van der Waals surface area contributed by atoms with E-state index in [9.17, 15) is 4.79 Å². The number of rotatable bonds is 0. The molecule has 4 heteroatoms. The Hall–Kier alpha value is -2.36. The van der Waals surface area contributed by atoms with E-state index in [2.05, 4.69) is 13.0 Å². The minimum absolute atomic E-state index is 0.0359. The number of imidazole rings is 1. The molecule has 0 amide bonds. The Morgan fingerprint density at radius 3 is 2.95 bits per heavy atom. The van der Waals surface area contributed by atoms with Gasteiger partial charge >= 0.3 is 5.69 Å². The van der Waals surface area contributed by atoms with Crippen LogP contribution in [0.1, 0.15) is 30.7 Å². The highest BCUT2D eigenvalue weighted by atomic mass is 16.1. The van der Waals surface area contributed by atoms with Gasteiger partial charge in [0.2, 0.25) is 0 Å². The summed E-state index contributed by atoms with van der Waals surface area (Å²) in [6.45, 7) is 2.15. The van der Waals surface area contributed by atoms with Gasteiger partial charge in [-0.1, -0.05) is 25.1 Å². The van der Waals surface area contributed by atoms with Crippen LogP contribution in [-0.2, 0) is 7.05 Å². The van der Waals surface area contributed by atoms with Crippen LogP contribution in [0.15, 0.2) is 35.1 Å². The predicted molar refractivity (Wildman–Crippen MR) is 80.0 cm³/mol. The van der Waals surface area contributed by atoms with Crippen LogP contribution in [0, 0.1) is 0 Å². The van der Waals surface area contributed by atoms with Gasteiger partial charge in [-0.2, -0.15) is 0 Å². The second-order valence-corrected chi connectivity index (χ2v) is 5.44. The Labute approximate surface area is 116 Å². The molecular weight excluding hydrogens is 250 g/mol. The second kappa shape index (κ2) is 3.82. The maximum absolute atomic E-state index is 12.6. The molecule has 1 aromatic carbocycles. The van der Waals surface area contributed by atoms with E-state index in [1.807, 2.05) is 37.4 Å². The van der Waals surface area contributed by atoms with Crippen LogP contribution >= 0.6 is 0 Å². The molecule has 4 nitrogen and oxygen atoms in total. The molecule has 0 saturated carbocycles. The van der Waals surface area contributed by atoms with Gasteiger partial charge in [0.15, 0.2) is 5.65 Å². The Morgan fingerprint density at radius 1 is 1.30 bits per heavy atom. The summed E-state index contributed by atoms with van der Waals surface area (Å²) in [7, 11) is 1.81. The van der Waals surface area contributed by atoms with E-state index < -0.39 is 0 Å². The summed E-state index contributed by atoms with van der Waals surface area (Å²) in [5.41, 5.74) is 3.62. The fraction of sp³-hybridized carbons (Fsp3) is 0.250. The SMILES string of the molecule is CC1CC=Cc2c1nc1c3ccccc3n(C)c(=O)n21. The third kappa shape index (κ3) is 1.31. The number of nitrogens with zero attached hydrogens (tertiary/aromatic N) is 3. The van der Waals surface area contributed by atoms with E-state index >= 15 is 0 Å². The molecule has 0 spiro atoms. The van der Waals surface area contributed by atoms with Crippen LogP contribution in [0.3, 0.4) is 0 Å². The minimum atomic E-state index is -0.0359. The van der Waals surface area contributed by atoms with E-state index in [0.717, 1.165) is 34.4 Å². The maximum Gasteiger partial charge on any atom is 0.334 e. The van der Waals surface area contributed by atoms with Crippen molar-refractivity contribution in [3.63, 3.8) is 0 Å². The van der Waals surface area contributed by atoms with Crippen LogP contribution in [0.2, 0.25) is 0 Å². The molecule has 2 heterocycles. The Morgan fingerprint density at radius 2 is 2.10 bits per heavy atom. The summed E-state index contributed by atoms with van der Waals surface area (Å²) in [6.07, 6.45) is 5.12. The molecule has 1 unspecified atom stereocenters. The molecule has 2 aromatic heterocycles. The lowest BCUT2D eigenvalue weighted by Crippen LogP contribution is -2.25. The number of hydrogen-bond donors (Lipinski definition) is 0. The van der Waals surface area contributed by atoms with Gasteiger partial charge in [-0.25, -0.2) is 14.2 Å². The van der Waals surface area contributed by atoms with E-state index in [-0.39, 0.29) is 5.69 Å². The number of para-hydroxylation sites is 1. The van der Waals surface area contributed by atoms with Crippen LogP contribution in [0.4, 0.5) is 0 Å². The highest BCUT2D eigenvalue weighted by Crippen LogP contribution is 2.30. The van der Waals surface area contributed by atoms with Crippen molar-refractivity contribution in [2.75, 3.05) is 0 Å². The van der Waals surface area contributed by atoms with Gasteiger partial charge in [0.25, 0.3) is 0 Å². The van der Waals surface area contributed by atoms with E-state index in [1.54, 1.807) is 8.97 Å². The van der Waals surface area contributed by atoms with Crippen molar-refractivity contribution in [2.24, 2.45) is 7.05 Å². The van der Waals surface area contributed by atoms with Crippen molar-refractivity contribution in [3.8, 4) is 0 Å². The smallest absolute Gasteiger partial charge is 0.296 e. The molecule has 100 valence electrons. The van der Waals surface area contributed by atoms with Gasteiger partial charge in [0.05, 0.1) is 16.9 Å². The van der Waals surface area contributed by atoms with Gasteiger partial charge in [-0.15, -0.1) is 0 Å². The molecule has 0 N–H and O–H groups in total. The fourth-order valence-corrected chi connectivity index (χ4v) is 3.05. The highest BCUT2D eigenvalue weighted by molar-refractivity contribution is 5.92. The largest absolute Gasteiger partial charge is 0.334 e. The van der Waals surface area contributed by atoms with Crippen LogP contribution < -0.4 is 5.69 Å². The summed E-state index contributed by atoms with van der Waals surface area (Å²) >= 11 is 0. The molecule has 0 radical (unpaired) electrons. The highest BCUT2D eigenvalue weighted by Gasteiger charge is 2.22. The van der Waals surface area contributed by atoms with Gasteiger partial charge in [0, 0.05) is 18.4 Å². The summed E-state index contributed by atoms with van der Waals surface area (Å²) in [6, 6.07) is 7.92. The maximum atomic E-state index is 12.6. The molecule has 3 aromatic rings. The first-order chi connectivity index (χ1) is 9.68. The first-order valence-electron chi connectivity index (χ1n) is 6.85. The normalized spacial score (nSPS) is 17.8. The lowest BCUT2D eigenvalue weighted by atomic mass is 9.97. The lowest BCUT2D eigenvalue weighted by Gasteiger charge is -2.12. The average molecular weight is 265 g/mol. The van der Waals surface area contributed by atoms with E-state index in [1.165, 1.54) is 0 Å². The van der Waals surface area contributed by atoms with Gasteiger partial charge in [0.1, 0.15) is 0 Å². The molecule has 0 aliphatic heterocycles. The van der Waals surface area contributed by atoms with Crippen molar-refractivity contribution in [1.29, 1.82) is 0 Å². The zero-order valence-electron chi connectivity index (χ0n) is 11.5. The van der Waals surface area contributed by atoms with Crippen molar-refractivity contribution < 1.29 is 0 Å². The molecule has 0 fully saturated rings. The van der Waals surface area contributed by atoms with E-state index in [0.29, 0.717) is 5.92 Å². The average Bonchev–Trinajstić information content (AvgIpc) is 2.86. The fourth-order valence-electron chi connectivity index (χ4n) is 3.05. The number of benzene rings is 1. The quantitative estimate of drug-likeness (QED) is 0.627. The van der Waals surface area contributed by atoms with E-state index in [4.69, 9.17) is 4.98 Å². The molecule has 1 atom stereocenters. The van der Waals surface area contributed by atoms with Crippen LogP contribution in [0.5, 0.6) is 0 Å². The standard InChI is InChI=1S/C16H15N3O/c1-10-6-5-9-13-14(10)17-15-11-7-3-4-8-12(11)18(2)16(20)19(13)15/h3-5,7-10H,6H2,1-2H3. The number of aryl methyl sites for hydroxylation is 1. The van der Waals surface area contributed by atoms with Gasteiger partial charge < -0.3 is 0 Å². The monoisotopic (exact) mass is 265 g/mol. The number of fused-ring (bicyclic) bond motifs is 5. The lowest BCUT2D eigenvalue weighted by molar-refractivity contribution is 0.742. The molecule has 0 saturated heterocycles. The molecule has 0 bridgehead atoms. The van der Waals surface area contributed by atoms with Gasteiger partial charge in [-0.3, -0.25) is 4.57 Å². The summed E-state index contributed by atoms with van der Waals surface area (Å²) in [4.78, 5) is 17.4. The van der Waals surface area contributed by atoms with Crippen LogP contribution in [-0.4, -0.2) is 14.0 Å². The Balaban J connectivity index is 2.31. The van der Waals surface area contributed by atoms with Crippen molar-refractivity contribution in [2.45, 2.75) is 19.3 Å². The summed E-state index contributed by atoms with van der Waals surface area (Å²) < 4.78 is 3.43. The predicted octanol–water partition coefficient (Wildman–Crippen LogP) is 2.71. The van der Waals surface area contributed by atoms with Crippen LogP contribution in [0.25, 0.3) is 22.6 Å². The zero-order chi connectivity index (χ0) is 13.9. The zero-order valence-corrected chi connectivity index (χ0v) is 11.5. The first kappa shape index (κ1) is 11.5.